The molecule has 2 aromatic carbocycles. The molecule has 4 heteroatoms. The van der Waals surface area contributed by atoms with E-state index in [1.54, 1.807) is 20.3 Å². The Morgan fingerprint density at radius 2 is 1.70 bits per heavy atom. The first-order valence-electron chi connectivity index (χ1n) is 9.75. The number of fused-ring (bicyclic) bond motifs is 2. The van der Waals surface area contributed by atoms with E-state index in [4.69, 9.17) is 9.47 Å². The highest BCUT2D eigenvalue weighted by Gasteiger charge is 2.43. The fraction of sp³-hybridized carbons (Fsp3) is 0.435. The molecule has 0 radical (unpaired) electrons. The molecule has 2 saturated heterocycles. The van der Waals surface area contributed by atoms with E-state index < -0.39 is 0 Å². The van der Waals surface area contributed by atoms with Gasteiger partial charge in [0.1, 0.15) is 11.5 Å². The standard InChI is InChI=1S/C23H27NO3/c1-26-20-10-11-21(22(14-20)27-2)23(25)17-12-18-8-9-19(13-17)24(18)15-16-6-4-3-5-7-16/h3-7,10-11,14,17-19H,8-9,12-13,15H2,1-2H3. The van der Waals surface area contributed by atoms with Crippen molar-refractivity contribution in [2.45, 2.75) is 44.3 Å². The summed E-state index contributed by atoms with van der Waals surface area (Å²) in [5.41, 5.74) is 2.04. The second-order valence-corrected chi connectivity index (χ2v) is 7.64. The van der Waals surface area contributed by atoms with Gasteiger partial charge in [0.25, 0.3) is 0 Å². The van der Waals surface area contributed by atoms with Crippen LogP contribution in [0.4, 0.5) is 0 Å². The number of nitrogens with zero attached hydrogens (tertiary/aromatic N) is 1. The van der Waals surface area contributed by atoms with Crippen LogP contribution in [0.15, 0.2) is 48.5 Å². The number of carbonyl (C=O) groups is 1. The lowest BCUT2D eigenvalue weighted by Gasteiger charge is -2.38. The van der Waals surface area contributed by atoms with Crippen LogP contribution in [0.5, 0.6) is 11.5 Å². The molecule has 2 unspecified atom stereocenters. The van der Waals surface area contributed by atoms with Crippen LogP contribution in [0.25, 0.3) is 0 Å². The maximum absolute atomic E-state index is 13.2. The Kier molecular flexibility index (Phi) is 5.17. The van der Waals surface area contributed by atoms with Gasteiger partial charge in [-0.15, -0.1) is 0 Å². The minimum Gasteiger partial charge on any atom is -0.497 e. The van der Waals surface area contributed by atoms with E-state index in [0.717, 1.165) is 19.4 Å². The molecule has 0 aromatic heterocycles. The van der Waals surface area contributed by atoms with E-state index in [1.165, 1.54) is 18.4 Å². The SMILES string of the molecule is COc1ccc(C(=O)C2CC3CCC(C2)N3Cc2ccccc2)c(OC)c1. The predicted octanol–water partition coefficient (Wildman–Crippen LogP) is 4.33. The Morgan fingerprint density at radius 3 is 2.33 bits per heavy atom. The normalized spacial score (nSPS) is 24.6. The summed E-state index contributed by atoms with van der Waals surface area (Å²) in [7, 11) is 3.23. The highest BCUT2D eigenvalue weighted by molar-refractivity contribution is 6.00. The van der Waals surface area contributed by atoms with Crippen LogP contribution in [0.1, 0.15) is 41.6 Å². The lowest BCUT2D eigenvalue weighted by Crippen LogP contribution is -2.44. The Bertz CT molecular complexity index is 791. The van der Waals surface area contributed by atoms with Crippen LogP contribution in [0.3, 0.4) is 0 Å². The van der Waals surface area contributed by atoms with Crippen LogP contribution in [-0.4, -0.2) is 37.0 Å². The van der Waals surface area contributed by atoms with Crippen molar-refractivity contribution in [3.05, 3.63) is 59.7 Å². The molecule has 4 rings (SSSR count). The summed E-state index contributed by atoms with van der Waals surface area (Å²) in [5, 5.41) is 0. The van der Waals surface area contributed by atoms with E-state index >= 15 is 0 Å². The smallest absolute Gasteiger partial charge is 0.169 e. The minimum atomic E-state index is 0.0804. The Labute approximate surface area is 161 Å². The molecule has 2 aliphatic heterocycles. The fourth-order valence-electron chi connectivity index (χ4n) is 4.76. The first kappa shape index (κ1) is 18.1. The Hall–Kier alpha value is -2.33. The van der Waals surface area contributed by atoms with Gasteiger partial charge in [0.2, 0.25) is 0 Å². The zero-order valence-electron chi connectivity index (χ0n) is 16.1. The van der Waals surface area contributed by atoms with Crippen LogP contribution < -0.4 is 9.47 Å². The van der Waals surface area contributed by atoms with Gasteiger partial charge in [0.15, 0.2) is 5.78 Å². The Balaban J connectivity index is 1.49. The number of hydrogen-bond donors (Lipinski definition) is 0. The average molecular weight is 365 g/mol. The largest absolute Gasteiger partial charge is 0.497 e. The maximum Gasteiger partial charge on any atom is 0.169 e. The van der Waals surface area contributed by atoms with E-state index in [1.807, 2.05) is 12.1 Å². The van der Waals surface area contributed by atoms with Crippen LogP contribution >= 0.6 is 0 Å². The number of ketones is 1. The summed E-state index contributed by atoms with van der Waals surface area (Å²) in [5.74, 6) is 1.61. The number of hydrogen-bond acceptors (Lipinski definition) is 4. The van der Waals surface area contributed by atoms with E-state index in [-0.39, 0.29) is 11.7 Å². The number of carbonyl (C=O) groups excluding carboxylic acids is 1. The first-order valence-corrected chi connectivity index (χ1v) is 9.75. The highest BCUT2D eigenvalue weighted by Crippen LogP contribution is 2.41. The van der Waals surface area contributed by atoms with E-state index in [2.05, 4.69) is 35.2 Å². The Morgan fingerprint density at radius 1 is 1.00 bits per heavy atom. The number of piperidine rings is 1. The van der Waals surface area contributed by atoms with E-state index in [0.29, 0.717) is 29.1 Å². The zero-order chi connectivity index (χ0) is 18.8. The predicted molar refractivity (Wildman–Crippen MR) is 105 cm³/mol. The number of benzene rings is 2. The summed E-state index contributed by atoms with van der Waals surface area (Å²) < 4.78 is 10.7. The lowest BCUT2D eigenvalue weighted by atomic mass is 9.84. The fourth-order valence-corrected chi connectivity index (χ4v) is 4.76. The number of rotatable bonds is 6. The van der Waals surface area contributed by atoms with Crippen LogP contribution in [0.2, 0.25) is 0 Å². The third-order valence-electron chi connectivity index (χ3n) is 6.14. The summed E-state index contributed by atoms with van der Waals surface area (Å²) in [6.07, 6.45) is 4.27. The van der Waals surface area contributed by atoms with Gasteiger partial charge in [-0.1, -0.05) is 30.3 Å². The molecule has 4 nitrogen and oxygen atoms in total. The second-order valence-electron chi connectivity index (χ2n) is 7.64. The van der Waals surface area contributed by atoms with Crippen LogP contribution in [0, 0.1) is 5.92 Å². The molecule has 2 aromatic rings. The summed E-state index contributed by atoms with van der Waals surface area (Å²) in [4.78, 5) is 15.8. The van der Waals surface area contributed by atoms with Gasteiger partial charge < -0.3 is 9.47 Å². The first-order chi connectivity index (χ1) is 13.2. The second kappa shape index (κ2) is 7.73. The van der Waals surface area contributed by atoms with Gasteiger partial charge in [-0.25, -0.2) is 0 Å². The third-order valence-corrected chi connectivity index (χ3v) is 6.14. The van der Waals surface area contributed by atoms with Crippen molar-refractivity contribution < 1.29 is 14.3 Å². The molecule has 2 aliphatic rings. The maximum atomic E-state index is 13.2. The molecular weight excluding hydrogens is 338 g/mol. The third kappa shape index (κ3) is 3.59. The quantitative estimate of drug-likeness (QED) is 0.714. The number of Topliss-reactive ketones (excluding diaryl/α,β-unsaturated/α-hetero) is 1. The molecule has 0 saturated carbocycles. The molecule has 27 heavy (non-hydrogen) atoms. The molecule has 2 heterocycles. The van der Waals surface area contributed by atoms with Crippen molar-refractivity contribution in [2.24, 2.45) is 5.92 Å². The minimum absolute atomic E-state index is 0.0804. The monoisotopic (exact) mass is 365 g/mol. The highest BCUT2D eigenvalue weighted by atomic mass is 16.5. The molecular formula is C23H27NO3. The summed E-state index contributed by atoms with van der Waals surface area (Å²) in [6, 6.07) is 17.1. The molecule has 0 aliphatic carbocycles. The van der Waals surface area contributed by atoms with Gasteiger partial charge in [-0.3, -0.25) is 9.69 Å². The molecule has 0 amide bonds. The molecule has 2 bridgehead atoms. The zero-order valence-corrected chi connectivity index (χ0v) is 16.1. The van der Waals surface area contributed by atoms with E-state index in [9.17, 15) is 4.79 Å². The van der Waals surface area contributed by atoms with Crippen molar-refractivity contribution in [1.82, 2.24) is 4.90 Å². The van der Waals surface area contributed by atoms with Gasteiger partial charge in [-0.2, -0.15) is 0 Å². The van der Waals surface area contributed by atoms with Gasteiger partial charge >= 0.3 is 0 Å². The van der Waals surface area contributed by atoms with Crippen LogP contribution in [-0.2, 0) is 6.54 Å². The summed E-state index contributed by atoms with van der Waals surface area (Å²) in [6.45, 7) is 0.989. The average Bonchev–Trinajstić information content (AvgIpc) is 2.94. The summed E-state index contributed by atoms with van der Waals surface area (Å²) >= 11 is 0. The lowest BCUT2D eigenvalue weighted by molar-refractivity contribution is 0.0675. The topological polar surface area (TPSA) is 38.8 Å². The van der Waals surface area contributed by atoms with Gasteiger partial charge in [0, 0.05) is 30.6 Å². The molecule has 2 fully saturated rings. The van der Waals surface area contributed by atoms with Crippen molar-refractivity contribution >= 4 is 5.78 Å². The van der Waals surface area contributed by atoms with Crippen molar-refractivity contribution in [1.29, 1.82) is 0 Å². The van der Waals surface area contributed by atoms with Gasteiger partial charge in [-0.05, 0) is 43.4 Å². The number of ether oxygens (including phenoxy) is 2. The molecule has 0 N–H and O–H groups in total. The van der Waals surface area contributed by atoms with Crippen molar-refractivity contribution in [3.63, 3.8) is 0 Å². The van der Waals surface area contributed by atoms with Crippen molar-refractivity contribution in [2.75, 3.05) is 14.2 Å². The van der Waals surface area contributed by atoms with Gasteiger partial charge in [0.05, 0.1) is 19.8 Å². The van der Waals surface area contributed by atoms with Crippen molar-refractivity contribution in [3.8, 4) is 11.5 Å². The molecule has 0 spiro atoms. The number of methoxy groups -OCH3 is 2. The molecule has 142 valence electrons. The molecule has 2 atom stereocenters.